The van der Waals surface area contributed by atoms with Crippen LogP contribution in [0.2, 0.25) is 0 Å². The molecule has 158 valence electrons. The molecule has 31 heavy (non-hydrogen) atoms. The second-order valence-electron chi connectivity index (χ2n) is 7.83. The molecule has 1 N–H and O–H groups in total. The van der Waals surface area contributed by atoms with Crippen molar-refractivity contribution in [3.63, 3.8) is 0 Å². The van der Waals surface area contributed by atoms with Gasteiger partial charge in [0, 0.05) is 28.6 Å². The van der Waals surface area contributed by atoms with Crippen molar-refractivity contribution in [2.24, 2.45) is 0 Å². The predicted octanol–water partition coefficient (Wildman–Crippen LogP) is 2.55. The molecule has 3 aromatic rings. The molecular weight excluding hydrogens is 402 g/mol. The van der Waals surface area contributed by atoms with Gasteiger partial charge in [0.25, 0.3) is 11.2 Å². The molecule has 0 saturated heterocycles. The number of esters is 1. The average Bonchev–Trinajstić information content (AvgIpc) is 3.13. The fourth-order valence-corrected chi connectivity index (χ4v) is 4.67. The van der Waals surface area contributed by atoms with E-state index in [-0.39, 0.29) is 41.9 Å². The summed E-state index contributed by atoms with van der Waals surface area (Å²) in [5, 5.41) is 22.9. The number of pyridine rings is 2. The molecule has 0 bridgehead atoms. The van der Waals surface area contributed by atoms with E-state index >= 15 is 0 Å². The Labute approximate surface area is 176 Å². The molecule has 0 amide bonds. The van der Waals surface area contributed by atoms with Crippen molar-refractivity contribution in [1.82, 2.24) is 9.55 Å². The Morgan fingerprint density at radius 3 is 2.71 bits per heavy atom. The molecule has 1 atom stereocenters. The van der Waals surface area contributed by atoms with Crippen molar-refractivity contribution in [2.45, 2.75) is 45.4 Å². The lowest BCUT2D eigenvalue weighted by Crippen LogP contribution is -2.44. The zero-order valence-electron chi connectivity index (χ0n) is 17.0. The van der Waals surface area contributed by atoms with Crippen LogP contribution in [-0.2, 0) is 34.7 Å². The van der Waals surface area contributed by atoms with Crippen LogP contribution in [0.4, 0.5) is 5.69 Å². The predicted molar refractivity (Wildman–Crippen MR) is 111 cm³/mol. The number of nitro benzene ring substituents is 1. The highest BCUT2D eigenvalue weighted by atomic mass is 16.6. The van der Waals surface area contributed by atoms with Gasteiger partial charge in [-0.15, -0.1) is 0 Å². The highest BCUT2D eigenvalue weighted by Gasteiger charge is 2.45. The second-order valence-corrected chi connectivity index (χ2v) is 7.83. The second kappa shape index (κ2) is 6.45. The number of hydrogen-bond acceptors (Lipinski definition) is 7. The number of aliphatic hydroxyl groups is 1. The highest BCUT2D eigenvalue weighted by molar-refractivity contribution is 5.90. The van der Waals surface area contributed by atoms with E-state index in [0.717, 1.165) is 11.1 Å². The number of cyclic esters (lactones) is 1. The van der Waals surface area contributed by atoms with Gasteiger partial charge in [0.1, 0.15) is 6.61 Å². The monoisotopic (exact) mass is 421 g/mol. The van der Waals surface area contributed by atoms with Crippen molar-refractivity contribution in [1.29, 1.82) is 0 Å². The maximum absolute atomic E-state index is 13.3. The van der Waals surface area contributed by atoms with Crippen molar-refractivity contribution in [3.05, 3.63) is 67.0 Å². The lowest BCUT2D eigenvalue weighted by molar-refractivity contribution is -0.384. The minimum Gasteiger partial charge on any atom is -0.458 e. The van der Waals surface area contributed by atoms with Gasteiger partial charge < -0.3 is 14.4 Å². The van der Waals surface area contributed by atoms with Gasteiger partial charge in [0.05, 0.1) is 33.9 Å². The Hall–Kier alpha value is -3.59. The van der Waals surface area contributed by atoms with Gasteiger partial charge in [-0.3, -0.25) is 14.9 Å². The van der Waals surface area contributed by atoms with E-state index in [1.165, 1.54) is 12.1 Å². The molecule has 2 aromatic heterocycles. The molecule has 9 nitrogen and oxygen atoms in total. The third kappa shape index (κ3) is 2.50. The molecule has 1 aromatic carbocycles. The normalized spacial score (nSPS) is 19.0. The molecule has 5 rings (SSSR count). The van der Waals surface area contributed by atoms with E-state index in [1.807, 2.05) is 6.92 Å². The average molecular weight is 421 g/mol. The minimum atomic E-state index is -1.88. The topological polar surface area (TPSA) is 125 Å². The zero-order chi connectivity index (χ0) is 22.1. The van der Waals surface area contributed by atoms with Gasteiger partial charge in [0.2, 0.25) is 0 Å². The number of fused-ring (bicyclic) bond motifs is 5. The van der Waals surface area contributed by atoms with Gasteiger partial charge in [-0.2, -0.15) is 0 Å². The third-order valence-electron chi connectivity index (χ3n) is 6.35. The summed E-state index contributed by atoms with van der Waals surface area (Å²) in [6, 6.07) is 6.18. The minimum absolute atomic E-state index is 0.0178. The smallest absolute Gasteiger partial charge is 0.343 e. The van der Waals surface area contributed by atoms with Gasteiger partial charge in [-0.05, 0) is 30.5 Å². The molecule has 0 fully saturated rings. The molecular formula is C22H19N3O6. The SMILES string of the molecule is CCc1c2c(nc3ccc([N+](=O)[O-])cc13)-c1cc3c(c(=O)n1C2)COC(=O)[C@]3(O)CC. The molecule has 0 aliphatic carbocycles. The van der Waals surface area contributed by atoms with Crippen molar-refractivity contribution < 1.29 is 19.6 Å². The standard InChI is InChI=1S/C22H19N3O6/c1-3-12-13-7-11(25(29)30)5-6-17(13)23-19-14(12)9-24-18(19)8-16-15(20(24)26)10-31-21(27)22(16,28)4-2/h5-8,28H,3-4,9-10H2,1-2H3/t22-/m0/s1. The van der Waals surface area contributed by atoms with Gasteiger partial charge in [-0.25, -0.2) is 9.78 Å². The molecule has 0 unspecified atom stereocenters. The molecule has 2 aliphatic rings. The Kier molecular flexibility index (Phi) is 4.03. The van der Waals surface area contributed by atoms with Crippen molar-refractivity contribution >= 4 is 22.6 Å². The maximum atomic E-state index is 13.3. The van der Waals surface area contributed by atoms with E-state index in [9.17, 15) is 24.8 Å². The van der Waals surface area contributed by atoms with Crippen LogP contribution in [0.1, 0.15) is 42.5 Å². The lowest BCUT2D eigenvalue weighted by Gasteiger charge is -2.31. The summed E-state index contributed by atoms with van der Waals surface area (Å²) in [7, 11) is 0. The van der Waals surface area contributed by atoms with Crippen LogP contribution < -0.4 is 5.56 Å². The zero-order valence-corrected chi connectivity index (χ0v) is 17.0. The summed E-state index contributed by atoms with van der Waals surface area (Å²) >= 11 is 0. The quantitative estimate of drug-likeness (QED) is 0.306. The Balaban J connectivity index is 1.81. The number of carbonyl (C=O) groups is 1. The number of carbonyl (C=O) groups excluding carboxylic acids is 1. The van der Waals surface area contributed by atoms with E-state index in [1.54, 1.807) is 23.6 Å². The van der Waals surface area contributed by atoms with Crippen LogP contribution in [0.25, 0.3) is 22.3 Å². The number of aryl methyl sites for hydroxylation is 1. The first kappa shape index (κ1) is 19.4. The fourth-order valence-electron chi connectivity index (χ4n) is 4.67. The summed E-state index contributed by atoms with van der Waals surface area (Å²) in [5.74, 6) is -0.766. The third-order valence-corrected chi connectivity index (χ3v) is 6.35. The van der Waals surface area contributed by atoms with E-state index in [4.69, 9.17) is 9.72 Å². The fraction of sp³-hybridized carbons (Fsp3) is 0.318. The molecule has 0 spiro atoms. The molecule has 9 heteroatoms. The van der Waals surface area contributed by atoms with E-state index < -0.39 is 16.5 Å². The number of hydrogen-bond donors (Lipinski definition) is 1. The Morgan fingerprint density at radius 2 is 2.03 bits per heavy atom. The first-order valence-electron chi connectivity index (χ1n) is 10.1. The Bertz CT molecular complexity index is 1380. The number of ether oxygens (including phenoxy) is 1. The van der Waals surface area contributed by atoms with Crippen LogP contribution in [0.15, 0.2) is 29.1 Å². The van der Waals surface area contributed by atoms with Crippen molar-refractivity contribution in [2.75, 3.05) is 0 Å². The van der Waals surface area contributed by atoms with Gasteiger partial charge in [0.15, 0.2) is 5.60 Å². The Morgan fingerprint density at radius 1 is 1.26 bits per heavy atom. The first-order chi connectivity index (χ1) is 14.8. The number of aromatic nitrogens is 2. The molecule has 2 aliphatic heterocycles. The number of non-ortho nitro benzene ring substituents is 1. The number of nitro groups is 1. The summed E-state index contributed by atoms with van der Waals surface area (Å²) in [6.07, 6.45) is 0.676. The molecule has 4 heterocycles. The van der Waals surface area contributed by atoms with Crippen LogP contribution in [0.3, 0.4) is 0 Å². The van der Waals surface area contributed by atoms with E-state index in [0.29, 0.717) is 28.7 Å². The molecule has 0 saturated carbocycles. The van der Waals surface area contributed by atoms with E-state index in [2.05, 4.69) is 0 Å². The number of benzene rings is 1. The van der Waals surface area contributed by atoms with Crippen molar-refractivity contribution in [3.8, 4) is 11.4 Å². The maximum Gasteiger partial charge on any atom is 0.343 e. The van der Waals surface area contributed by atoms with Crippen LogP contribution in [0, 0.1) is 10.1 Å². The van der Waals surface area contributed by atoms with Crippen LogP contribution in [0.5, 0.6) is 0 Å². The summed E-state index contributed by atoms with van der Waals surface area (Å²) in [4.78, 5) is 41.0. The van der Waals surface area contributed by atoms with Gasteiger partial charge in [-0.1, -0.05) is 13.8 Å². The largest absolute Gasteiger partial charge is 0.458 e. The molecule has 0 radical (unpaired) electrons. The lowest BCUT2D eigenvalue weighted by atomic mass is 9.86. The summed E-state index contributed by atoms with van der Waals surface area (Å²) in [5.41, 5.74) is 1.71. The van der Waals surface area contributed by atoms with Crippen LogP contribution in [-0.4, -0.2) is 25.6 Å². The van der Waals surface area contributed by atoms with Gasteiger partial charge >= 0.3 is 5.97 Å². The first-order valence-corrected chi connectivity index (χ1v) is 10.1. The number of nitrogens with zero attached hydrogens (tertiary/aromatic N) is 3. The van der Waals surface area contributed by atoms with Crippen LogP contribution >= 0.6 is 0 Å². The summed E-state index contributed by atoms with van der Waals surface area (Å²) in [6.45, 7) is 3.69. The highest BCUT2D eigenvalue weighted by Crippen LogP contribution is 2.40. The summed E-state index contributed by atoms with van der Waals surface area (Å²) < 4.78 is 6.66. The number of rotatable bonds is 3.